The van der Waals surface area contributed by atoms with Gasteiger partial charge in [0.2, 0.25) is 11.9 Å². The molecule has 1 fully saturated rings. The van der Waals surface area contributed by atoms with Crippen LogP contribution in [0.5, 0.6) is 0 Å². The lowest BCUT2D eigenvalue weighted by Gasteiger charge is -2.22. The van der Waals surface area contributed by atoms with Crippen LogP contribution < -0.4 is 15.1 Å². The number of aromatic nitrogens is 2. The summed E-state index contributed by atoms with van der Waals surface area (Å²) in [5.41, 5.74) is 2.14. The van der Waals surface area contributed by atoms with Gasteiger partial charge in [-0.15, -0.1) is 0 Å². The average molecular weight is 291 g/mol. The second kappa shape index (κ2) is 6.28. The summed E-state index contributed by atoms with van der Waals surface area (Å²) in [5, 5.41) is 2.70. The van der Waals surface area contributed by atoms with Crippen LogP contribution in [0.2, 0.25) is 0 Å². The second-order valence-electron chi connectivity index (χ2n) is 5.93. The van der Waals surface area contributed by atoms with Crippen LogP contribution in [0.4, 0.5) is 11.8 Å². The third kappa shape index (κ3) is 3.43. The number of hydrogen-bond acceptors (Lipinski definition) is 5. The molecule has 1 aromatic heterocycles. The highest BCUT2D eigenvalue weighted by atomic mass is 16.1. The molecule has 1 saturated heterocycles. The van der Waals surface area contributed by atoms with E-state index in [9.17, 15) is 4.79 Å². The minimum Gasteiger partial charge on any atom is -0.359 e. The van der Waals surface area contributed by atoms with E-state index in [0.29, 0.717) is 12.3 Å². The first kappa shape index (κ1) is 15.5. The quantitative estimate of drug-likeness (QED) is 0.901. The predicted octanol–water partition coefficient (Wildman–Crippen LogP) is 1.12. The summed E-state index contributed by atoms with van der Waals surface area (Å²) in [4.78, 5) is 24.9. The van der Waals surface area contributed by atoms with Crippen LogP contribution in [-0.2, 0) is 4.79 Å². The molecule has 116 valence electrons. The smallest absolute Gasteiger partial charge is 0.227 e. The highest BCUT2D eigenvalue weighted by Gasteiger charge is 2.27. The van der Waals surface area contributed by atoms with E-state index in [2.05, 4.69) is 27.1 Å². The number of anilines is 2. The van der Waals surface area contributed by atoms with Gasteiger partial charge < -0.3 is 15.1 Å². The highest BCUT2D eigenvalue weighted by Crippen LogP contribution is 2.28. The van der Waals surface area contributed by atoms with Crippen molar-refractivity contribution in [2.75, 3.05) is 44.0 Å². The van der Waals surface area contributed by atoms with Crippen molar-refractivity contribution in [3.05, 3.63) is 11.3 Å². The first-order valence-electron chi connectivity index (χ1n) is 7.40. The van der Waals surface area contributed by atoms with Crippen LogP contribution in [0.3, 0.4) is 0 Å². The Morgan fingerprint density at radius 1 is 1.38 bits per heavy atom. The fourth-order valence-corrected chi connectivity index (χ4v) is 2.66. The molecule has 0 bridgehead atoms. The number of hydrogen-bond donors (Lipinski definition) is 1. The first-order valence-corrected chi connectivity index (χ1v) is 7.40. The number of rotatable bonds is 4. The summed E-state index contributed by atoms with van der Waals surface area (Å²) in [5.74, 6) is 2.27. The van der Waals surface area contributed by atoms with Gasteiger partial charge in [-0.3, -0.25) is 4.79 Å². The van der Waals surface area contributed by atoms with Gasteiger partial charge in [-0.2, -0.15) is 4.98 Å². The second-order valence-corrected chi connectivity index (χ2v) is 5.93. The van der Waals surface area contributed by atoms with Gasteiger partial charge in [-0.1, -0.05) is 0 Å². The number of nitrogens with one attached hydrogen (secondary N) is 1. The highest BCUT2D eigenvalue weighted by molar-refractivity contribution is 5.76. The first-order chi connectivity index (χ1) is 9.92. The third-order valence-electron chi connectivity index (χ3n) is 4.09. The Hall–Kier alpha value is -1.85. The Labute approximate surface area is 126 Å². The summed E-state index contributed by atoms with van der Waals surface area (Å²) in [6.45, 7) is 5.92. The van der Waals surface area contributed by atoms with Gasteiger partial charge in [0.1, 0.15) is 5.82 Å². The van der Waals surface area contributed by atoms with Crippen molar-refractivity contribution < 1.29 is 4.79 Å². The van der Waals surface area contributed by atoms with Gasteiger partial charge in [-0.25, -0.2) is 4.98 Å². The van der Waals surface area contributed by atoms with Crippen LogP contribution in [-0.4, -0.2) is 50.1 Å². The van der Waals surface area contributed by atoms with Crippen molar-refractivity contribution >= 4 is 17.7 Å². The fraction of sp³-hybridized carbons (Fsp3) is 0.667. The Bertz CT molecular complexity index is 529. The number of carbonyl (C=O) groups excluding carboxylic acids is 1. The normalized spacial score (nSPS) is 18.0. The van der Waals surface area contributed by atoms with Crippen LogP contribution >= 0.6 is 0 Å². The lowest BCUT2D eigenvalue weighted by atomic mass is 10.0. The van der Waals surface area contributed by atoms with E-state index < -0.39 is 0 Å². The van der Waals surface area contributed by atoms with E-state index >= 15 is 0 Å². The molecule has 6 heteroatoms. The molecule has 0 saturated carbocycles. The topological polar surface area (TPSA) is 61.4 Å². The van der Waals surface area contributed by atoms with Crippen molar-refractivity contribution in [3.63, 3.8) is 0 Å². The van der Waals surface area contributed by atoms with E-state index in [-0.39, 0.29) is 5.91 Å². The standard InChI is InChI=1S/C15H25N5O/c1-10-11(2)17-15(19(4)5)18-14(10)20-7-6-12(9-20)8-13(21)16-3/h12H,6-9H2,1-5H3,(H,16,21). The van der Waals surface area contributed by atoms with E-state index in [1.165, 1.54) is 0 Å². The summed E-state index contributed by atoms with van der Waals surface area (Å²) in [6.07, 6.45) is 1.63. The lowest BCUT2D eigenvalue weighted by Crippen LogP contribution is -2.26. The van der Waals surface area contributed by atoms with Crippen LogP contribution in [0, 0.1) is 19.8 Å². The molecule has 1 atom stereocenters. The van der Waals surface area contributed by atoms with Gasteiger partial charge >= 0.3 is 0 Å². The summed E-state index contributed by atoms with van der Waals surface area (Å²) >= 11 is 0. The monoisotopic (exact) mass is 291 g/mol. The van der Waals surface area contributed by atoms with Crippen molar-refractivity contribution in [2.24, 2.45) is 5.92 Å². The maximum absolute atomic E-state index is 11.5. The molecule has 1 aromatic rings. The van der Waals surface area contributed by atoms with E-state index in [1.807, 2.05) is 25.9 Å². The van der Waals surface area contributed by atoms with E-state index in [4.69, 9.17) is 0 Å². The van der Waals surface area contributed by atoms with Crippen LogP contribution in [0.1, 0.15) is 24.1 Å². The number of amides is 1. The summed E-state index contributed by atoms with van der Waals surface area (Å²) in [6, 6.07) is 0. The van der Waals surface area contributed by atoms with E-state index in [0.717, 1.165) is 42.5 Å². The number of aryl methyl sites for hydroxylation is 1. The zero-order chi connectivity index (χ0) is 15.6. The minimum absolute atomic E-state index is 0.117. The van der Waals surface area contributed by atoms with Crippen LogP contribution in [0.15, 0.2) is 0 Å². The van der Waals surface area contributed by atoms with Crippen LogP contribution in [0.25, 0.3) is 0 Å². The van der Waals surface area contributed by atoms with Gasteiger partial charge in [0.05, 0.1) is 0 Å². The Morgan fingerprint density at radius 2 is 2.10 bits per heavy atom. The molecule has 1 N–H and O–H groups in total. The Morgan fingerprint density at radius 3 is 2.71 bits per heavy atom. The SMILES string of the molecule is CNC(=O)CC1CCN(c2nc(N(C)C)nc(C)c2C)C1. The number of carbonyl (C=O) groups is 1. The van der Waals surface area contributed by atoms with Gasteiger partial charge in [0, 0.05) is 51.9 Å². The zero-order valence-electron chi connectivity index (χ0n) is 13.6. The molecule has 1 unspecified atom stereocenters. The largest absolute Gasteiger partial charge is 0.359 e. The summed E-state index contributed by atoms with van der Waals surface area (Å²) in [7, 11) is 5.59. The van der Waals surface area contributed by atoms with E-state index in [1.54, 1.807) is 7.05 Å². The van der Waals surface area contributed by atoms with Crippen molar-refractivity contribution in [2.45, 2.75) is 26.7 Å². The van der Waals surface area contributed by atoms with Gasteiger partial charge in [0.15, 0.2) is 0 Å². The average Bonchev–Trinajstić information content (AvgIpc) is 2.89. The molecule has 0 radical (unpaired) electrons. The van der Waals surface area contributed by atoms with Gasteiger partial charge in [0.25, 0.3) is 0 Å². The maximum atomic E-state index is 11.5. The predicted molar refractivity (Wildman–Crippen MR) is 84.8 cm³/mol. The molecular weight excluding hydrogens is 266 g/mol. The molecule has 0 aliphatic carbocycles. The number of nitrogens with zero attached hydrogens (tertiary/aromatic N) is 4. The van der Waals surface area contributed by atoms with Gasteiger partial charge in [-0.05, 0) is 26.2 Å². The molecule has 1 aliphatic rings. The third-order valence-corrected chi connectivity index (χ3v) is 4.09. The molecule has 1 aliphatic heterocycles. The molecule has 6 nitrogen and oxygen atoms in total. The molecule has 2 rings (SSSR count). The molecule has 0 aromatic carbocycles. The molecule has 1 amide bonds. The summed E-state index contributed by atoms with van der Waals surface area (Å²) < 4.78 is 0. The molecule has 2 heterocycles. The van der Waals surface area contributed by atoms with Crippen molar-refractivity contribution in [3.8, 4) is 0 Å². The minimum atomic E-state index is 0.117. The Kier molecular flexibility index (Phi) is 4.65. The molecule has 0 spiro atoms. The zero-order valence-corrected chi connectivity index (χ0v) is 13.6. The molecular formula is C15H25N5O. The van der Waals surface area contributed by atoms with Crippen molar-refractivity contribution in [1.82, 2.24) is 15.3 Å². The molecule has 21 heavy (non-hydrogen) atoms. The van der Waals surface area contributed by atoms with Crippen molar-refractivity contribution in [1.29, 1.82) is 0 Å². The Balaban J connectivity index is 2.17. The fourth-order valence-electron chi connectivity index (χ4n) is 2.66. The maximum Gasteiger partial charge on any atom is 0.227 e. The lowest BCUT2D eigenvalue weighted by molar-refractivity contribution is -0.121.